The summed E-state index contributed by atoms with van der Waals surface area (Å²) in [5, 5.41) is 0. The van der Waals surface area contributed by atoms with Crippen LogP contribution in [0.4, 0.5) is 5.69 Å². The molecule has 2 heterocycles. The lowest BCUT2D eigenvalue weighted by Gasteiger charge is -2.27. The van der Waals surface area contributed by atoms with Gasteiger partial charge in [0, 0.05) is 37.6 Å². The Balaban J connectivity index is 1.63. The zero-order valence-corrected chi connectivity index (χ0v) is 11.5. The van der Waals surface area contributed by atoms with Crippen molar-refractivity contribution in [2.75, 3.05) is 37.7 Å². The minimum Gasteiger partial charge on any atom is -0.379 e. The lowest BCUT2D eigenvalue weighted by atomic mass is 10.1. The van der Waals surface area contributed by atoms with Crippen molar-refractivity contribution in [1.29, 1.82) is 0 Å². The number of ether oxygens (including phenoxy) is 1. The lowest BCUT2D eigenvalue weighted by molar-refractivity contribution is 0.0342. The molecular weight excluding hydrogens is 236 g/mol. The van der Waals surface area contributed by atoms with Crippen molar-refractivity contribution >= 4 is 5.69 Å². The van der Waals surface area contributed by atoms with Crippen molar-refractivity contribution in [2.45, 2.75) is 19.4 Å². The molecule has 2 saturated heterocycles. The van der Waals surface area contributed by atoms with Gasteiger partial charge in [0.25, 0.3) is 0 Å². The van der Waals surface area contributed by atoms with E-state index in [2.05, 4.69) is 40.6 Å². The molecule has 3 nitrogen and oxygen atoms in total. The van der Waals surface area contributed by atoms with Crippen molar-refractivity contribution in [1.82, 2.24) is 4.90 Å². The number of anilines is 1. The second-order valence-electron chi connectivity index (χ2n) is 5.38. The predicted molar refractivity (Wildman–Crippen MR) is 78.3 cm³/mol. The standard InChI is InChI=1S/C16H22N2O/c1-14-3-2-8-18(14)16-6-4-15(5-7-16)13-17-9-11-19-12-10-17/h4-7H,1-3,8-13H2. The summed E-state index contributed by atoms with van der Waals surface area (Å²) in [5.74, 6) is 0. The SMILES string of the molecule is C=C1CCCN1c1ccc(CN2CCOCC2)cc1. The molecule has 0 spiro atoms. The molecule has 0 radical (unpaired) electrons. The zero-order valence-electron chi connectivity index (χ0n) is 11.5. The molecule has 1 aromatic carbocycles. The molecule has 0 aromatic heterocycles. The summed E-state index contributed by atoms with van der Waals surface area (Å²) in [6, 6.07) is 8.95. The summed E-state index contributed by atoms with van der Waals surface area (Å²) in [6.07, 6.45) is 2.36. The molecule has 0 atom stereocenters. The van der Waals surface area contributed by atoms with E-state index in [4.69, 9.17) is 4.74 Å². The Bertz CT molecular complexity index is 435. The minimum absolute atomic E-state index is 0.867. The van der Waals surface area contributed by atoms with Crippen molar-refractivity contribution < 1.29 is 4.74 Å². The smallest absolute Gasteiger partial charge is 0.0594 e. The van der Waals surface area contributed by atoms with Gasteiger partial charge in [-0.25, -0.2) is 0 Å². The molecule has 3 rings (SSSR count). The van der Waals surface area contributed by atoms with Crippen LogP contribution in [0.15, 0.2) is 36.5 Å². The normalized spacial score (nSPS) is 21.1. The highest BCUT2D eigenvalue weighted by Gasteiger charge is 2.16. The average Bonchev–Trinajstić information content (AvgIpc) is 2.87. The molecule has 0 unspecified atom stereocenters. The highest BCUT2D eigenvalue weighted by molar-refractivity contribution is 5.53. The molecule has 1 aromatic rings. The molecule has 2 fully saturated rings. The largest absolute Gasteiger partial charge is 0.379 e. The van der Waals surface area contributed by atoms with Crippen LogP contribution in [-0.2, 0) is 11.3 Å². The Labute approximate surface area is 115 Å². The summed E-state index contributed by atoms with van der Waals surface area (Å²) < 4.78 is 5.38. The fourth-order valence-electron chi connectivity index (χ4n) is 2.84. The third kappa shape index (κ3) is 2.99. The molecule has 0 saturated carbocycles. The second-order valence-corrected chi connectivity index (χ2v) is 5.38. The Morgan fingerprint density at radius 1 is 1.05 bits per heavy atom. The van der Waals surface area contributed by atoms with E-state index in [0.29, 0.717) is 0 Å². The first-order valence-corrected chi connectivity index (χ1v) is 7.17. The number of allylic oxidation sites excluding steroid dienone is 1. The van der Waals surface area contributed by atoms with Crippen LogP contribution in [0, 0.1) is 0 Å². The summed E-state index contributed by atoms with van der Waals surface area (Å²) >= 11 is 0. The van der Waals surface area contributed by atoms with Gasteiger partial charge in [0.1, 0.15) is 0 Å². The summed E-state index contributed by atoms with van der Waals surface area (Å²) in [4.78, 5) is 4.78. The summed E-state index contributed by atoms with van der Waals surface area (Å²) in [5.41, 5.74) is 3.92. The van der Waals surface area contributed by atoms with Crippen LogP contribution in [0.1, 0.15) is 18.4 Å². The van der Waals surface area contributed by atoms with Gasteiger partial charge < -0.3 is 9.64 Å². The Morgan fingerprint density at radius 2 is 1.79 bits per heavy atom. The quantitative estimate of drug-likeness (QED) is 0.829. The van der Waals surface area contributed by atoms with E-state index >= 15 is 0 Å². The zero-order chi connectivity index (χ0) is 13.1. The topological polar surface area (TPSA) is 15.7 Å². The molecular formula is C16H22N2O. The fourth-order valence-corrected chi connectivity index (χ4v) is 2.84. The Kier molecular flexibility index (Phi) is 3.85. The van der Waals surface area contributed by atoms with Gasteiger partial charge in [0.05, 0.1) is 13.2 Å². The van der Waals surface area contributed by atoms with E-state index in [9.17, 15) is 0 Å². The van der Waals surface area contributed by atoms with E-state index < -0.39 is 0 Å². The molecule has 102 valence electrons. The average molecular weight is 258 g/mol. The second kappa shape index (κ2) is 5.76. The van der Waals surface area contributed by atoms with Crippen LogP contribution in [-0.4, -0.2) is 37.7 Å². The van der Waals surface area contributed by atoms with Gasteiger partial charge in [0.2, 0.25) is 0 Å². The van der Waals surface area contributed by atoms with E-state index in [-0.39, 0.29) is 0 Å². The number of morpholine rings is 1. The number of hydrogen-bond acceptors (Lipinski definition) is 3. The molecule has 3 heteroatoms. The number of rotatable bonds is 3. The highest BCUT2D eigenvalue weighted by atomic mass is 16.5. The maximum Gasteiger partial charge on any atom is 0.0594 e. The maximum absolute atomic E-state index is 5.38. The van der Waals surface area contributed by atoms with Crippen LogP contribution >= 0.6 is 0 Å². The van der Waals surface area contributed by atoms with E-state index in [1.165, 1.54) is 23.4 Å². The monoisotopic (exact) mass is 258 g/mol. The van der Waals surface area contributed by atoms with Crippen LogP contribution in [0.2, 0.25) is 0 Å². The van der Waals surface area contributed by atoms with E-state index in [0.717, 1.165) is 45.8 Å². The molecule has 0 bridgehead atoms. The molecule has 0 aliphatic carbocycles. The van der Waals surface area contributed by atoms with Crippen LogP contribution in [0.25, 0.3) is 0 Å². The number of hydrogen-bond donors (Lipinski definition) is 0. The van der Waals surface area contributed by atoms with Gasteiger partial charge in [-0.05, 0) is 30.5 Å². The Hall–Kier alpha value is -1.32. The van der Waals surface area contributed by atoms with Crippen LogP contribution in [0.5, 0.6) is 0 Å². The van der Waals surface area contributed by atoms with Gasteiger partial charge in [-0.15, -0.1) is 0 Å². The first kappa shape index (κ1) is 12.7. The summed E-state index contributed by atoms with van der Waals surface area (Å²) in [6.45, 7) is 10.1. The van der Waals surface area contributed by atoms with Gasteiger partial charge in [-0.3, -0.25) is 4.90 Å². The van der Waals surface area contributed by atoms with Crippen molar-refractivity contribution in [3.63, 3.8) is 0 Å². The third-order valence-corrected chi connectivity index (χ3v) is 3.99. The van der Waals surface area contributed by atoms with E-state index in [1.54, 1.807) is 0 Å². The van der Waals surface area contributed by atoms with Crippen molar-refractivity contribution in [2.24, 2.45) is 0 Å². The van der Waals surface area contributed by atoms with Crippen molar-refractivity contribution in [3.05, 3.63) is 42.1 Å². The first-order chi connectivity index (χ1) is 9.33. The molecule has 0 amide bonds. The lowest BCUT2D eigenvalue weighted by Crippen LogP contribution is -2.35. The first-order valence-electron chi connectivity index (χ1n) is 7.17. The van der Waals surface area contributed by atoms with Crippen LogP contribution < -0.4 is 4.90 Å². The maximum atomic E-state index is 5.38. The fraction of sp³-hybridized carbons (Fsp3) is 0.500. The molecule has 19 heavy (non-hydrogen) atoms. The van der Waals surface area contributed by atoms with E-state index in [1.807, 2.05) is 0 Å². The number of benzene rings is 1. The number of nitrogens with zero attached hydrogens (tertiary/aromatic N) is 2. The van der Waals surface area contributed by atoms with Gasteiger partial charge in [-0.2, -0.15) is 0 Å². The predicted octanol–water partition coefficient (Wildman–Crippen LogP) is 2.63. The van der Waals surface area contributed by atoms with Crippen LogP contribution in [0.3, 0.4) is 0 Å². The third-order valence-electron chi connectivity index (χ3n) is 3.99. The molecule has 2 aliphatic rings. The minimum atomic E-state index is 0.867. The highest BCUT2D eigenvalue weighted by Crippen LogP contribution is 2.27. The van der Waals surface area contributed by atoms with Gasteiger partial charge in [0.15, 0.2) is 0 Å². The van der Waals surface area contributed by atoms with Crippen molar-refractivity contribution in [3.8, 4) is 0 Å². The Morgan fingerprint density at radius 3 is 2.42 bits per heavy atom. The van der Waals surface area contributed by atoms with Gasteiger partial charge >= 0.3 is 0 Å². The van der Waals surface area contributed by atoms with Gasteiger partial charge in [-0.1, -0.05) is 18.7 Å². The molecule has 0 N–H and O–H groups in total. The molecule has 2 aliphatic heterocycles. The summed E-state index contributed by atoms with van der Waals surface area (Å²) in [7, 11) is 0.